The number of rotatable bonds is 34. The summed E-state index contributed by atoms with van der Waals surface area (Å²) in [5, 5.41) is 0. The van der Waals surface area contributed by atoms with Gasteiger partial charge in [-0.3, -0.25) is 18.6 Å². The smallest absolute Gasteiger partial charge is 0.462 e. The first kappa shape index (κ1) is 43.8. The van der Waals surface area contributed by atoms with Crippen molar-refractivity contribution < 1.29 is 37.6 Å². The molecule has 0 aliphatic rings. The number of carbonyl (C=O) groups is 2. The minimum atomic E-state index is -4.35. The highest BCUT2D eigenvalue weighted by molar-refractivity contribution is 7.47. The lowest BCUT2D eigenvalue weighted by atomic mass is 10.1. The molecule has 0 aromatic heterocycles. The van der Waals surface area contributed by atoms with Crippen LogP contribution < -0.4 is 5.73 Å². The van der Waals surface area contributed by atoms with Crippen LogP contribution in [-0.4, -0.2) is 49.3 Å². The van der Waals surface area contributed by atoms with Crippen LogP contribution in [0, 0.1) is 0 Å². The van der Waals surface area contributed by atoms with Crippen LogP contribution in [0.1, 0.15) is 168 Å². The van der Waals surface area contributed by atoms with Gasteiger partial charge in [0.05, 0.1) is 13.2 Å². The maximum absolute atomic E-state index is 12.4. The Morgan fingerprint density at radius 1 is 0.644 bits per heavy atom. The molecule has 0 heterocycles. The molecular weight excluding hydrogens is 593 g/mol. The molecule has 0 aromatic rings. The summed E-state index contributed by atoms with van der Waals surface area (Å²) in [4.78, 5) is 34.1. The number of phosphoric acid groups is 1. The largest absolute Gasteiger partial charge is 0.472 e. The fourth-order valence-corrected chi connectivity index (χ4v) is 5.69. The van der Waals surface area contributed by atoms with E-state index in [4.69, 9.17) is 24.3 Å². The van der Waals surface area contributed by atoms with Crippen molar-refractivity contribution in [1.29, 1.82) is 0 Å². The summed E-state index contributed by atoms with van der Waals surface area (Å²) in [5.41, 5.74) is 5.29. The molecule has 2 atom stereocenters. The molecule has 2 unspecified atom stereocenters. The molecule has 0 aliphatic heterocycles. The second-order valence-electron chi connectivity index (χ2n) is 12.1. The van der Waals surface area contributed by atoms with Crippen LogP contribution in [0.5, 0.6) is 0 Å². The molecule has 266 valence electrons. The van der Waals surface area contributed by atoms with Gasteiger partial charge in [-0.2, -0.15) is 0 Å². The van der Waals surface area contributed by atoms with E-state index < -0.39 is 32.5 Å². The highest BCUT2D eigenvalue weighted by atomic mass is 31.2. The lowest BCUT2D eigenvalue weighted by Gasteiger charge is -2.19. The summed E-state index contributed by atoms with van der Waals surface area (Å²) >= 11 is 0. The van der Waals surface area contributed by atoms with Crippen LogP contribution in [0.15, 0.2) is 12.2 Å². The number of ether oxygens (including phenoxy) is 2. The third-order valence-corrected chi connectivity index (χ3v) is 8.64. The molecule has 10 heteroatoms. The Morgan fingerprint density at radius 3 is 1.62 bits per heavy atom. The van der Waals surface area contributed by atoms with Gasteiger partial charge in [0, 0.05) is 19.4 Å². The van der Waals surface area contributed by atoms with E-state index in [1.807, 2.05) is 6.92 Å². The summed E-state index contributed by atoms with van der Waals surface area (Å²) in [6, 6.07) is 0. The standard InChI is InChI=1S/C35H68NO8P/c1-3-5-7-8-9-10-11-12-13-14-15-16-17-18-19-20-21-22-23-24-26-28-35(38)44-33(31-41-34(37)27-25-6-4-2)32-43-45(39,40)42-30-29-36/h14-15,33H,3-13,16-32,36H2,1-2H3,(H,39,40)/b15-14-. The van der Waals surface area contributed by atoms with Crippen LogP contribution in [-0.2, 0) is 32.7 Å². The van der Waals surface area contributed by atoms with Crippen molar-refractivity contribution in [2.75, 3.05) is 26.4 Å². The Morgan fingerprint density at radius 2 is 1.09 bits per heavy atom. The molecule has 0 saturated heterocycles. The van der Waals surface area contributed by atoms with Crippen LogP contribution in [0.3, 0.4) is 0 Å². The van der Waals surface area contributed by atoms with Gasteiger partial charge >= 0.3 is 19.8 Å². The first-order valence-electron chi connectivity index (χ1n) is 18.2. The summed E-state index contributed by atoms with van der Waals surface area (Å²) in [5.74, 6) is -0.856. The maximum Gasteiger partial charge on any atom is 0.472 e. The van der Waals surface area contributed by atoms with Crippen LogP contribution in [0.25, 0.3) is 0 Å². The Labute approximate surface area is 275 Å². The lowest BCUT2D eigenvalue weighted by molar-refractivity contribution is -0.161. The molecule has 3 N–H and O–H groups in total. The Balaban J connectivity index is 3.92. The van der Waals surface area contributed by atoms with Crippen molar-refractivity contribution in [3.63, 3.8) is 0 Å². The van der Waals surface area contributed by atoms with Gasteiger partial charge in [-0.05, 0) is 38.5 Å². The molecular formula is C35H68NO8P. The molecule has 0 rings (SSSR count). The maximum atomic E-state index is 12.4. The zero-order valence-electron chi connectivity index (χ0n) is 28.9. The van der Waals surface area contributed by atoms with Gasteiger partial charge < -0.3 is 20.1 Å². The number of allylic oxidation sites excluding steroid dienone is 2. The quantitative estimate of drug-likeness (QED) is 0.0299. The SMILES string of the molecule is CCCCCCCCCC/C=C\CCCCCCCCCCCC(=O)OC(COC(=O)CCCCC)COP(=O)(O)OCCN. The highest BCUT2D eigenvalue weighted by Gasteiger charge is 2.25. The minimum absolute atomic E-state index is 0.0546. The van der Waals surface area contributed by atoms with Crippen LogP contribution in [0.2, 0.25) is 0 Å². The number of carbonyl (C=O) groups excluding carboxylic acids is 2. The van der Waals surface area contributed by atoms with E-state index in [-0.39, 0.29) is 32.6 Å². The summed E-state index contributed by atoms with van der Waals surface area (Å²) in [7, 11) is -4.35. The normalized spacial score (nSPS) is 13.6. The van der Waals surface area contributed by atoms with Crippen molar-refractivity contribution in [3.05, 3.63) is 12.2 Å². The van der Waals surface area contributed by atoms with E-state index in [0.717, 1.165) is 32.1 Å². The second-order valence-corrected chi connectivity index (χ2v) is 13.5. The number of nitrogens with two attached hydrogens (primary N) is 1. The zero-order valence-corrected chi connectivity index (χ0v) is 29.8. The third kappa shape index (κ3) is 32.5. The highest BCUT2D eigenvalue weighted by Crippen LogP contribution is 2.43. The fraction of sp³-hybridized carbons (Fsp3) is 0.886. The number of unbranched alkanes of at least 4 members (excludes halogenated alkanes) is 19. The van der Waals surface area contributed by atoms with Gasteiger partial charge in [-0.25, -0.2) is 4.57 Å². The molecule has 0 aliphatic carbocycles. The van der Waals surface area contributed by atoms with E-state index in [2.05, 4.69) is 19.1 Å². The molecule has 0 fully saturated rings. The average molecular weight is 662 g/mol. The molecule has 0 amide bonds. The molecule has 0 saturated carbocycles. The molecule has 9 nitrogen and oxygen atoms in total. The molecule has 0 spiro atoms. The number of phosphoric ester groups is 1. The first-order valence-corrected chi connectivity index (χ1v) is 19.7. The van der Waals surface area contributed by atoms with Crippen LogP contribution >= 0.6 is 7.82 Å². The van der Waals surface area contributed by atoms with Crippen molar-refractivity contribution in [2.24, 2.45) is 5.73 Å². The van der Waals surface area contributed by atoms with Gasteiger partial charge in [-0.1, -0.05) is 129 Å². The monoisotopic (exact) mass is 661 g/mol. The summed E-state index contributed by atoms with van der Waals surface area (Å²) in [6.07, 6.45) is 30.5. The van der Waals surface area contributed by atoms with Gasteiger partial charge in [0.2, 0.25) is 0 Å². The zero-order chi connectivity index (χ0) is 33.3. The molecule has 0 radical (unpaired) electrons. The van der Waals surface area contributed by atoms with E-state index in [9.17, 15) is 19.0 Å². The predicted molar refractivity (Wildman–Crippen MR) is 183 cm³/mol. The van der Waals surface area contributed by atoms with Crippen molar-refractivity contribution in [2.45, 2.75) is 174 Å². The summed E-state index contributed by atoms with van der Waals surface area (Å²) in [6.45, 7) is 3.54. The summed E-state index contributed by atoms with van der Waals surface area (Å²) < 4.78 is 32.2. The third-order valence-electron chi connectivity index (χ3n) is 7.65. The fourth-order valence-electron chi connectivity index (χ4n) is 4.92. The van der Waals surface area contributed by atoms with E-state index >= 15 is 0 Å². The van der Waals surface area contributed by atoms with Gasteiger partial charge in [0.15, 0.2) is 6.10 Å². The predicted octanol–water partition coefficient (Wildman–Crippen LogP) is 9.49. The Kier molecular flexibility index (Phi) is 31.8. The lowest BCUT2D eigenvalue weighted by Crippen LogP contribution is -2.29. The van der Waals surface area contributed by atoms with Crippen molar-refractivity contribution >= 4 is 19.8 Å². The van der Waals surface area contributed by atoms with E-state index in [0.29, 0.717) is 12.8 Å². The van der Waals surface area contributed by atoms with Gasteiger partial charge in [-0.15, -0.1) is 0 Å². The minimum Gasteiger partial charge on any atom is -0.462 e. The van der Waals surface area contributed by atoms with Crippen LogP contribution in [0.4, 0.5) is 0 Å². The van der Waals surface area contributed by atoms with E-state index in [1.54, 1.807) is 0 Å². The van der Waals surface area contributed by atoms with Crippen molar-refractivity contribution in [3.8, 4) is 0 Å². The van der Waals surface area contributed by atoms with Gasteiger partial charge in [0.1, 0.15) is 6.61 Å². The number of esters is 2. The second kappa shape index (κ2) is 32.7. The van der Waals surface area contributed by atoms with Crippen molar-refractivity contribution in [1.82, 2.24) is 0 Å². The Bertz CT molecular complexity index is 764. The Hall–Kier alpha value is -1.25. The molecule has 0 bridgehead atoms. The van der Waals surface area contributed by atoms with E-state index in [1.165, 1.54) is 96.3 Å². The number of hydrogen-bond acceptors (Lipinski definition) is 8. The van der Waals surface area contributed by atoms with Gasteiger partial charge in [0.25, 0.3) is 0 Å². The average Bonchev–Trinajstić information content (AvgIpc) is 3.02. The topological polar surface area (TPSA) is 134 Å². The molecule has 45 heavy (non-hydrogen) atoms. The number of hydrogen-bond donors (Lipinski definition) is 2. The first-order chi connectivity index (χ1) is 21.8. The molecule has 0 aromatic carbocycles.